The van der Waals surface area contributed by atoms with Crippen LogP contribution >= 0.6 is 0 Å². The molecule has 1 saturated heterocycles. The molecule has 2 aliphatic rings. The van der Waals surface area contributed by atoms with Crippen LogP contribution in [0.15, 0.2) is 30.3 Å². The Hall–Kier alpha value is -1.88. The summed E-state index contributed by atoms with van der Waals surface area (Å²) in [7, 11) is 0. The molecular weight excluding hydrogens is 304 g/mol. The lowest BCUT2D eigenvalue weighted by Gasteiger charge is -2.33. The van der Waals surface area contributed by atoms with Crippen molar-refractivity contribution >= 4 is 12.4 Å². The summed E-state index contributed by atoms with van der Waals surface area (Å²) in [4.78, 5) is 24.7. The Kier molecular flexibility index (Phi) is 7.75. The number of rotatable bonds is 7. The minimum absolute atomic E-state index is 0.250. The van der Waals surface area contributed by atoms with Crippen molar-refractivity contribution in [3.05, 3.63) is 35.9 Å². The van der Waals surface area contributed by atoms with E-state index >= 15 is 0 Å². The zero-order valence-corrected chi connectivity index (χ0v) is 14.3. The Labute approximate surface area is 144 Å². The van der Waals surface area contributed by atoms with Gasteiger partial charge in [-0.05, 0) is 30.7 Å². The van der Waals surface area contributed by atoms with Crippen molar-refractivity contribution in [3.8, 4) is 0 Å². The third-order valence-electron chi connectivity index (χ3n) is 4.85. The van der Waals surface area contributed by atoms with Crippen molar-refractivity contribution in [2.75, 3.05) is 26.2 Å². The molecule has 0 aromatic heterocycles. The molecule has 5 heteroatoms. The highest BCUT2D eigenvalue weighted by Crippen LogP contribution is 2.27. The van der Waals surface area contributed by atoms with E-state index < -0.39 is 0 Å². The Balaban J connectivity index is 0.000000647. The molecule has 1 amide bonds. The lowest BCUT2D eigenvalue weighted by Crippen LogP contribution is -2.39. The van der Waals surface area contributed by atoms with Gasteiger partial charge in [-0.3, -0.25) is 14.5 Å². The quantitative estimate of drug-likeness (QED) is 0.780. The van der Waals surface area contributed by atoms with Crippen LogP contribution in [0.3, 0.4) is 0 Å². The maximum Gasteiger partial charge on any atom is 0.290 e. The summed E-state index contributed by atoms with van der Waals surface area (Å²) in [5.41, 5.74) is 1.38. The van der Waals surface area contributed by atoms with Gasteiger partial charge >= 0.3 is 0 Å². The molecule has 2 fully saturated rings. The normalized spacial score (nSPS) is 17.4. The monoisotopic (exact) mass is 332 g/mol. The van der Waals surface area contributed by atoms with Crippen LogP contribution in [0.4, 0.5) is 0 Å². The number of carboxylic acid groups (broad SMARTS) is 1. The van der Waals surface area contributed by atoms with E-state index in [0.29, 0.717) is 5.91 Å². The molecule has 1 heterocycles. The average molecular weight is 332 g/mol. The number of carbonyl (C=O) groups is 2. The lowest BCUT2D eigenvalue weighted by atomic mass is 9.85. The Bertz CT molecular complexity index is 503. The molecule has 1 aliphatic heterocycles. The van der Waals surface area contributed by atoms with Gasteiger partial charge in [-0.2, -0.15) is 0 Å². The molecule has 1 saturated carbocycles. The SMILES string of the molecule is O=C1CCCN1CCN(Cc1ccccc1)CC1CCC1.O=CO. The Morgan fingerprint density at radius 3 is 2.46 bits per heavy atom. The number of hydrogen-bond acceptors (Lipinski definition) is 3. The highest BCUT2D eigenvalue weighted by atomic mass is 16.3. The summed E-state index contributed by atoms with van der Waals surface area (Å²) >= 11 is 0. The summed E-state index contributed by atoms with van der Waals surface area (Å²) in [5.74, 6) is 1.22. The van der Waals surface area contributed by atoms with Crippen molar-refractivity contribution in [2.24, 2.45) is 5.92 Å². The molecule has 1 aromatic carbocycles. The molecule has 3 rings (SSSR count). The molecule has 132 valence electrons. The lowest BCUT2D eigenvalue weighted by molar-refractivity contribution is -0.128. The van der Waals surface area contributed by atoms with Gasteiger partial charge in [0.05, 0.1) is 0 Å². The first-order valence-corrected chi connectivity index (χ1v) is 8.85. The van der Waals surface area contributed by atoms with Gasteiger partial charge in [0.2, 0.25) is 5.91 Å². The second kappa shape index (κ2) is 10.1. The fourth-order valence-corrected chi connectivity index (χ4v) is 3.32. The second-order valence-corrected chi connectivity index (χ2v) is 6.61. The summed E-state index contributed by atoms with van der Waals surface area (Å²) in [6, 6.07) is 10.7. The van der Waals surface area contributed by atoms with Crippen LogP contribution in [0.1, 0.15) is 37.7 Å². The van der Waals surface area contributed by atoms with E-state index in [1.54, 1.807) is 0 Å². The smallest absolute Gasteiger partial charge is 0.290 e. The zero-order valence-electron chi connectivity index (χ0n) is 14.3. The third kappa shape index (κ3) is 5.96. The molecule has 1 aromatic rings. The number of hydrogen-bond donors (Lipinski definition) is 1. The number of amides is 1. The Morgan fingerprint density at radius 2 is 1.92 bits per heavy atom. The van der Waals surface area contributed by atoms with E-state index in [2.05, 4.69) is 35.2 Å². The molecule has 0 atom stereocenters. The van der Waals surface area contributed by atoms with Gasteiger partial charge in [0.15, 0.2) is 0 Å². The molecular formula is C19H28N2O3. The first-order valence-electron chi connectivity index (χ1n) is 8.85. The molecule has 5 nitrogen and oxygen atoms in total. The fourth-order valence-electron chi connectivity index (χ4n) is 3.32. The van der Waals surface area contributed by atoms with Crippen LogP contribution in [0.25, 0.3) is 0 Å². The van der Waals surface area contributed by atoms with Crippen LogP contribution in [0, 0.1) is 5.92 Å². The van der Waals surface area contributed by atoms with E-state index in [1.807, 2.05) is 4.90 Å². The van der Waals surface area contributed by atoms with Gasteiger partial charge in [0, 0.05) is 39.1 Å². The predicted molar refractivity (Wildman–Crippen MR) is 93.6 cm³/mol. The maximum absolute atomic E-state index is 11.7. The van der Waals surface area contributed by atoms with Gasteiger partial charge in [-0.1, -0.05) is 36.8 Å². The topological polar surface area (TPSA) is 60.9 Å². The second-order valence-electron chi connectivity index (χ2n) is 6.61. The number of likely N-dealkylation sites (tertiary alicyclic amines) is 1. The summed E-state index contributed by atoms with van der Waals surface area (Å²) in [6.45, 7) is 4.83. The maximum atomic E-state index is 11.7. The van der Waals surface area contributed by atoms with Crippen molar-refractivity contribution in [2.45, 2.75) is 38.6 Å². The molecule has 0 spiro atoms. The molecule has 0 radical (unpaired) electrons. The largest absolute Gasteiger partial charge is 0.483 e. The summed E-state index contributed by atoms with van der Waals surface area (Å²) in [6.07, 6.45) is 5.96. The first kappa shape index (κ1) is 18.5. The van der Waals surface area contributed by atoms with Crippen molar-refractivity contribution in [1.29, 1.82) is 0 Å². The van der Waals surface area contributed by atoms with E-state index in [0.717, 1.165) is 44.9 Å². The molecule has 0 unspecified atom stereocenters. The minimum atomic E-state index is -0.250. The van der Waals surface area contributed by atoms with Gasteiger partial charge in [-0.15, -0.1) is 0 Å². The first-order chi connectivity index (χ1) is 11.7. The van der Waals surface area contributed by atoms with E-state index in [1.165, 1.54) is 31.4 Å². The fraction of sp³-hybridized carbons (Fsp3) is 0.579. The number of benzene rings is 1. The predicted octanol–water partition coefficient (Wildman–Crippen LogP) is 2.61. The van der Waals surface area contributed by atoms with Crippen molar-refractivity contribution in [1.82, 2.24) is 9.80 Å². The van der Waals surface area contributed by atoms with Gasteiger partial charge < -0.3 is 10.0 Å². The summed E-state index contributed by atoms with van der Waals surface area (Å²) in [5, 5.41) is 6.89. The van der Waals surface area contributed by atoms with E-state index in [9.17, 15) is 4.79 Å². The highest BCUT2D eigenvalue weighted by molar-refractivity contribution is 5.78. The van der Waals surface area contributed by atoms with Crippen LogP contribution in [0.5, 0.6) is 0 Å². The minimum Gasteiger partial charge on any atom is -0.483 e. The van der Waals surface area contributed by atoms with E-state index in [-0.39, 0.29) is 6.47 Å². The van der Waals surface area contributed by atoms with Crippen molar-refractivity contribution < 1.29 is 14.7 Å². The van der Waals surface area contributed by atoms with Gasteiger partial charge in [0.25, 0.3) is 6.47 Å². The summed E-state index contributed by atoms with van der Waals surface area (Å²) < 4.78 is 0. The molecule has 0 bridgehead atoms. The van der Waals surface area contributed by atoms with Crippen LogP contribution in [0.2, 0.25) is 0 Å². The number of nitrogens with zero attached hydrogens (tertiary/aromatic N) is 2. The Morgan fingerprint density at radius 1 is 1.21 bits per heavy atom. The van der Waals surface area contributed by atoms with Crippen molar-refractivity contribution in [3.63, 3.8) is 0 Å². The average Bonchev–Trinajstić information content (AvgIpc) is 2.95. The van der Waals surface area contributed by atoms with Gasteiger partial charge in [0.1, 0.15) is 0 Å². The standard InChI is InChI=1S/C18H26N2O.CH2O2/c21-18-10-5-11-20(18)13-12-19(15-17-8-4-9-17)14-16-6-2-1-3-7-16;2-1-3/h1-3,6-7,17H,4-5,8-15H2;1H,(H,2,3). The highest BCUT2D eigenvalue weighted by Gasteiger charge is 2.23. The zero-order chi connectivity index (χ0) is 17.2. The molecule has 1 aliphatic carbocycles. The molecule has 24 heavy (non-hydrogen) atoms. The third-order valence-corrected chi connectivity index (χ3v) is 4.85. The number of carbonyl (C=O) groups excluding carboxylic acids is 1. The van der Waals surface area contributed by atoms with Crippen LogP contribution in [-0.4, -0.2) is 53.5 Å². The van der Waals surface area contributed by atoms with Crippen LogP contribution < -0.4 is 0 Å². The van der Waals surface area contributed by atoms with Gasteiger partial charge in [-0.25, -0.2) is 0 Å². The molecule has 1 N–H and O–H groups in total. The van der Waals surface area contributed by atoms with E-state index in [4.69, 9.17) is 9.90 Å². The van der Waals surface area contributed by atoms with Crippen LogP contribution in [-0.2, 0) is 16.1 Å².